The van der Waals surface area contributed by atoms with Crippen LogP contribution in [-0.4, -0.2) is 35.6 Å². The molecule has 1 aromatic rings. The van der Waals surface area contributed by atoms with E-state index in [4.69, 9.17) is 10.8 Å². The number of rotatable bonds is 6. The Kier molecular flexibility index (Phi) is 5.65. The molecular weight excluding hydrogens is 228 g/mol. The van der Waals surface area contributed by atoms with Gasteiger partial charge in [0.15, 0.2) is 0 Å². The first-order valence-corrected chi connectivity index (χ1v) is 6.36. The van der Waals surface area contributed by atoms with E-state index in [2.05, 4.69) is 6.92 Å². The summed E-state index contributed by atoms with van der Waals surface area (Å²) in [7, 11) is 0. The minimum absolute atomic E-state index is 0.0266. The number of aliphatic hydroxyl groups excluding tert-OH is 1. The number of benzene rings is 1. The van der Waals surface area contributed by atoms with Crippen molar-refractivity contribution in [2.75, 3.05) is 25.4 Å². The number of anilines is 1. The smallest absolute Gasteiger partial charge is 0.256 e. The molecule has 0 aliphatic carbocycles. The molecule has 0 spiro atoms. The summed E-state index contributed by atoms with van der Waals surface area (Å²) in [4.78, 5) is 14.0. The molecule has 0 aromatic heterocycles. The van der Waals surface area contributed by atoms with Gasteiger partial charge in [-0.2, -0.15) is 0 Å². The molecule has 4 heteroatoms. The fraction of sp³-hybridized carbons (Fsp3) is 0.500. The number of amides is 1. The van der Waals surface area contributed by atoms with Crippen molar-refractivity contribution in [2.24, 2.45) is 0 Å². The number of unbranched alkanes of at least 4 members (excludes halogenated alkanes) is 1. The van der Waals surface area contributed by atoms with Gasteiger partial charge in [-0.25, -0.2) is 0 Å². The zero-order valence-electron chi connectivity index (χ0n) is 11.1. The first-order chi connectivity index (χ1) is 8.60. The van der Waals surface area contributed by atoms with Crippen LogP contribution >= 0.6 is 0 Å². The third-order valence-electron chi connectivity index (χ3n) is 2.88. The van der Waals surface area contributed by atoms with Gasteiger partial charge in [-0.1, -0.05) is 19.4 Å². The second-order valence-electron chi connectivity index (χ2n) is 4.46. The molecule has 0 fully saturated rings. The lowest BCUT2D eigenvalue weighted by Crippen LogP contribution is -2.34. The summed E-state index contributed by atoms with van der Waals surface area (Å²) in [6.07, 6.45) is 1.94. The summed E-state index contributed by atoms with van der Waals surface area (Å²) in [6.45, 7) is 4.99. The highest BCUT2D eigenvalue weighted by atomic mass is 16.3. The summed E-state index contributed by atoms with van der Waals surface area (Å²) in [5.74, 6) is -0.102. The minimum Gasteiger partial charge on any atom is -0.398 e. The topological polar surface area (TPSA) is 66.6 Å². The maximum atomic E-state index is 12.3. The fourth-order valence-electron chi connectivity index (χ4n) is 1.83. The Bertz CT molecular complexity index is 405. The van der Waals surface area contributed by atoms with Crippen LogP contribution in [0.5, 0.6) is 0 Å². The largest absolute Gasteiger partial charge is 0.398 e. The predicted octanol–water partition coefficient (Wildman–Crippen LogP) is 1.81. The van der Waals surface area contributed by atoms with E-state index in [9.17, 15) is 4.79 Å². The molecule has 100 valence electrons. The zero-order valence-corrected chi connectivity index (χ0v) is 11.1. The molecule has 18 heavy (non-hydrogen) atoms. The van der Waals surface area contributed by atoms with Crippen LogP contribution in [0.4, 0.5) is 5.69 Å². The van der Waals surface area contributed by atoms with Gasteiger partial charge < -0.3 is 15.7 Å². The minimum atomic E-state index is -0.102. The molecule has 0 bridgehead atoms. The quantitative estimate of drug-likeness (QED) is 0.757. The molecule has 1 aromatic carbocycles. The second kappa shape index (κ2) is 7.01. The van der Waals surface area contributed by atoms with Gasteiger partial charge in [-0.3, -0.25) is 4.79 Å². The summed E-state index contributed by atoms with van der Waals surface area (Å²) >= 11 is 0. The Morgan fingerprint density at radius 2 is 2.11 bits per heavy atom. The molecule has 0 aliphatic heterocycles. The van der Waals surface area contributed by atoms with E-state index in [0.29, 0.717) is 24.3 Å². The average Bonchev–Trinajstić information content (AvgIpc) is 2.33. The highest BCUT2D eigenvalue weighted by Crippen LogP contribution is 2.16. The monoisotopic (exact) mass is 250 g/mol. The Balaban J connectivity index is 2.87. The number of aliphatic hydroxyl groups is 1. The first-order valence-electron chi connectivity index (χ1n) is 6.36. The Labute approximate surface area is 108 Å². The van der Waals surface area contributed by atoms with Gasteiger partial charge in [0.25, 0.3) is 5.91 Å². The lowest BCUT2D eigenvalue weighted by Gasteiger charge is -2.22. The van der Waals surface area contributed by atoms with Crippen molar-refractivity contribution in [3.63, 3.8) is 0 Å². The van der Waals surface area contributed by atoms with Crippen molar-refractivity contribution in [1.82, 2.24) is 4.90 Å². The number of nitrogens with zero attached hydrogens (tertiary/aromatic N) is 1. The van der Waals surface area contributed by atoms with Crippen LogP contribution in [0.1, 0.15) is 35.7 Å². The van der Waals surface area contributed by atoms with Crippen molar-refractivity contribution >= 4 is 11.6 Å². The van der Waals surface area contributed by atoms with Crippen LogP contribution in [0.3, 0.4) is 0 Å². The normalized spacial score (nSPS) is 10.4. The van der Waals surface area contributed by atoms with E-state index >= 15 is 0 Å². The molecule has 4 nitrogen and oxygen atoms in total. The van der Waals surface area contributed by atoms with E-state index in [1.807, 2.05) is 13.0 Å². The highest BCUT2D eigenvalue weighted by molar-refractivity contribution is 5.99. The van der Waals surface area contributed by atoms with Gasteiger partial charge in [0.2, 0.25) is 0 Å². The van der Waals surface area contributed by atoms with Gasteiger partial charge in [0.1, 0.15) is 0 Å². The summed E-state index contributed by atoms with van der Waals surface area (Å²) in [5, 5.41) is 9.02. The molecule has 0 heterocycles. The standard InChI is InChI=1S/C14H22N2O2/c1-3-4-7-16(8-9-17)14(18)12-6-5-11(2)10-13(12)15/h5-6,10,17H,3-4,7-9,15H2,1-2H3. The van der Waals surface area contributed by atoms with Crippen LogP contribution in [0.2, 0.25) is 0 Å². The summed E-state index contributed by atoms with van der Waals surface area (Å²) in [6, 6.07) is 5.42. The van der Waals surface area contributed by atoms with Crippen molar-refractivity contribution < 1.29 is 9.90 Å². The molecule has 0 radical (unpaired) electrons. The van der Waals surface area contributed by atoms with Crippen molar-refractivity contribution in [1.29, 1.82) is 0 Å². The second-order valence-corrected chi connectivity index (χ2v) is 4.46. The van der Waals surface area contributed by atoms with Crippen molar-refractivity contribution in [2.45, 2.75) is 26.7 Å². The van der Waals surface area contributed by atoms with E-state index in [1.54, 1.807) is 17.0 Å². The number of aryl methyl sites for hydroxylation is 1. The van der Waals surface area contributed by atoms with Crippen LogP contribution in [-0.2, 0) is 0 Å². The van der Waals surface area contributed by atoms with Crippen LogP contribution < -0.4 is 5.73 Å². The Morgan fingerprint density at radius 1 is 1.39 bits per heavy atom. The number of hydrogen-bond donors (Lipinski definition) is 2. The van der Waals surface area contributed by atoms with E-state index in [-0.39, 0.29) is 12.5 Å². The third kappa shape index (κ3) is 3.74. The number of carbonyl (C=O) groups is 1. The molecule has 1 rings (SSSR count). The summed E-state index contributed by atoms with van der Waals surface area (Å²) in [5.41, 5.74) is 7.93. The predicted molar refractivity (Wildman–Crippen MR) is 73.5 cm³/mol. The Morgan fingerprint density at radius 3 is 2.67 bits per heavy atom. The van der Waals surface area contributed by atoms with Gasteiger partial charge >= 0.3 is 0 Å². The number of nitrogen functional groups attached to an aromatic ring is 1. The van der Waals surface area contributed by atoms with E-state index < -0.39 is 0 Å². The zero-order chi connectivity index (χ0) is 13.5. The molecule has 3 N–H and O–H groups in total. The van der Waals surface area contributed by atoms with Crippen molar-refractivity contribution in [3.05, 3.63) is 29.3 Å². The average molecular weight is 250 g/mol. The number of nitrogens with two attached hydrogens (primary N) is 1. The number of hydrogen-bond acceptors (Lipinski definition) is 3. The third-order valence-corrected chi connectivity index (χ3v) is 2.88. The molecule has 0 unspecified atom stereocenters. The number of carbonyl (C=O) groups excluding carboxylic acids is 1. The fourth-order valence-corrected chi connectivity index (χ4v) is 1.83. The maximum absolute atomic E-state index is 12.3. The van der Waals surface area contributed by atoms with Crippen LogP contribution in [0.15, 0.2) is 18.2 Å². The van der Waals surface area contributed by atoms with E-state index in [0.717, 1.165) is 18.4 Å². The van der Waals surface area contributed by atoms with Gasteiger partial charge in [0.05, 0.1) is 12.2 Å². The molecule has 0 aliphatic rings. The summed E-state index contributed by atoms with van der Waals surface area (Å²) < 4.78 is 0. The highest BCUT2D eigenvalue weighted by Gasteiger charge is 2.17. The lowest BCUT2D eigenvalue weighted by atomic mass is 10.1. The molecule has 1 amide bonds. The lowest BCUT2D eigenvalue weighted by molar-refractivity contribution is 0.0720. The van der Waals surface area contributed by atoms with E-state index in [1.165, 1.54) is 0 Å². The van der Waals surface area contributed by atoms with Gasteiger partial charge in [-0.05, 0) is 31.0 Å². The van der Waals surface area contributed by atoms with Crippen molar-refractivity contribution in [3.8, 4) is 0 Å². The SMILES string of the molecule is CCCCN(CCO)C(=O)c1ccc(C)cc1N. The molecule has 0 atom stereocenters. The van der Waals surface area contributed by atoms with Crippen LogP contribution in [0, 0.1) is 6.92 Å². The van der Waals surface area contributed by atoms with Crippen LogP contribution in [0.25, 0.3) is 0 Å². The molecule has 0 saturated heterocycles. The maximum Gasteiger partial charge on any atom is 0.256 e. The van der Waals surface area contributed by atoms with Gasteiger partial charge in [-0.15, -0.1) is 0 Å². The van der Waals surface area contributed by atoms with Gasteiger partial charge in [0, 0.05) is 18.8 Å². The molecular formula is C14H22N2O2. The first kappa shape index (κ1) is 14.5. The molecule has 0 saturated carbocycles. The Hall–Kier alpha value is -1.55.